The number of aromatic nitrogens is 1. The second-order valence-corrected chi connectivity index (χ2v) is 22.2. The predicted octanol–water partition coefficient (Wildman–Crippen LogP) is 8.60. The van der Waals surface area contributed by atoms with Crippen LogP contribution in [0.3, 0.4) is 0 Å². The Kier molecular flexibility index (Phi) is 7.53. The van der Waals surface area contributed by atoms with Gasteiger partial charge in [-0.2, -0.15) is 0 Å². The molecule has 4 rings (SSSR count). The Bertz CT molecular complexity index is 1140. The monoisotopic (exact) mass is 519 g/mol. The second-order valence-electron chi connectivity index (χ2n) is 9.28. The van der Waals surface area contributed by atoms with Crippen molar-refractivity contribution in [3.63, 3.8) is 0 Å². The summed E-state index contributed by atoms with van der Waals surface area (Å²) in [5, 5.41) is 6.82. The maximum atomic E-state index is 5.66. The van der Waals surface area contributed by atoms with Crippen molar-refractivity contribution in [2.24, 2.45) is 0 Å². The van der Waals surface area contributed by atoms with Crippen molar-refractivity contribution in [3.05, 3.63) is 60.7 Å². The average Bonchev–Trinajstić information content (AvgIpc) is 2.83. The first kappa shape index (κ1) is 22.6. The van der Waals surface area contributed by atoms with E-state index in [2.05, 4.69) is 81.4 Å². The maximum absolute atomic E-state index is 5.66. The quantitative estimate of drug-likeness (QED) is 0.151. The number of pyridine rings is 1. The fraction of sp³-hybridized carbons (Fsp3) is 0.414. The Hall–Kier alpha value is -1.61. The zero-order valence-electron chi connectivity index (χ0n) is 19.6. The molecule has 1 nitrogen and oxygen atoms in total. The van der Waals surface area contributed by atoms with Crippen molar-refractivity contribution < 1.29 is 0 Å². The molecule has 0 unspecified atom stereocenters. The van der Waals surface area contributed by atoms with Gasteiger partial charge in [0.1, 0.15) is 0 Å². The first-order valence-electron chi connectivity index (χ1n) is 12.4. The van der Waals surface area contributed by atoms with Gasteiger partial charge in [0.25, 0.3) is 0 Å². The average molecular weight is 518 g/mol. The van der Waals surface area contributed by atoms with Crippen molar-refractivity contribution in [2.45, 2.75) is 72.6 Å². The predicted molar refractivity (Wildman–Crippen MR) is 141 cm³/mol. The molecular weight excluding hydrogens is 481 g/mol. The van der Waals surface area contributed by atoms with Gasteiger partial charge in [0, 0.05) is 0 Å². The van der Waals surface area contributed by atoms with Crippen LogP contribution in [0, 0.1) is 0 Å². The number of fused-ring (bicyclic) bond motifs is 5. The van der Waals surface area contributed by atoms with Gasteiger partial charge >= 0.3 is 193 Å². The van der Waals surface area contributed by atoms with E-state index in [0.29, 0.717) is 0 Å². The third-order valence-corrected chi connectivity index (χ3v) is 22.3. The summed E-state index contributed by atoms with van der Waals surface area (Å²) in [6, 6.07) is 22.5. The fourth-order valence-corrected chi connectivity index (χ4v) is 21.6. The zero-order valence-corrected chi connectivity index (χ0v) is 22.4. The van der Waals surface area contributed by atoms with Crippen LogP contribution in [0.1, 0.15) is 59.3 Å². The van der Waals surface area contributed by atoms with Gasteiger partial charge < -0.3 is 0 Å². The molecule has 31 heavy (non-hydrogen) atoms. The van der Waals surface area contributed by atoms with E-state index in [1.807, 2.05) is 0 Å². The summed E-state index contributed by atoms with van der Waals surface area (Å²) in [5.41, 5.74) is 1.23. The summed E-state index contributed by atoms with van der Waals surface area (Å²) in [6.45, 7) is 7.07. The molecule has 0 bridgehead atoms. The molecular formula is C29H37NSn. The molecule has 0 aliphatic carbocycles. The fourth-order valence-electron chi connectivity index (χ4n) is 5.37. The van der Waals surface area contributed by atoms with E-state index in [4.69, 9.17) is 4.98 Å². The van der Waals surface area contributed by atoms with Crippen molar-refractivity contribution in [1.82, 2.24) is 4.98 Å². The van der Waals surface area contributed by atoms with Crippen LogP contribution < -0.4 is 3.71 Å². The van der Waals surface area contributed by atoms with E-state index in [9.17, 15) is 0 Å². The molecule has 0 N–H and O–H groups in total. The second kappa shape index (κ2) is 10.3. The van der Waals surface area contributed by atoms with Crippen molar-refractivity contribution >= 4 is 54.5 Å². The van der Waals surface area contributed by atoms with Crippen LogP contribution in [0.4, 0.5) is 0 Å². The van der Waals surface area contributed by atoms with E-state index in [-0.39, 0.29) is 0 Å². The Morgan fingerprint density at radius 3 is 1.74 bits per heavy atom. The molecule has 0 amide bonds. The number of unbranched alkanes of at least 4 members (excludes halogenated alkanes) is 3. The van der Waals surface area contributed by atoms with Crippen LogP contribution in [0.5, 0.6) is 0 Å². The third kappa shape index (κ3) is 4.49. The molecule has 2 heteroatoms. The molecule has 162 valence electrons. The summed E-state index contributed by atoms with van der Waals surface area (Å²) >= 11 is -2.68. The summed E-state index contributed by atoms with van der Waals surface area (Å²) in [5.74, 6) is 0. The van der Waals surface area contributed by atoms with Crippen LogP contribution in [-0.4, -0.2) is 23.4 Å². The summed E-state index contributed by atoms with van der Waals surface area (Å²) in [4.78, 5) is 5.66. The Morgan fingerprint density at radius 2 is 1.13 bits per heavy atom. The molecule has 3 aromatic carbocycles. The van der Waals surface area contributed by atoms with E-state index in [0.717, 1.165) is 0 Å². The van der Waals surface area contributed by atoms with Crippen molar-refractivity contribution in [2.75, 3.05) is 0 Å². The van der Waals surface area contributed by atoms with Crippen LogP contribution in [0.15, 0.2) is 60.7 Å². The standard InChI is InChI=1S/C17H10N.3C4H9.Sn/c1-4-8-15-12(5-1)9-10-16-14-7-3-2-6-13(14)11-18-17(15)16;3*1-3-4-2;/h1-10H;3*1,3-4H2,2H3;. The first-order valence-corrected chi connectivity index (χ1v) is 19.9. The van der Waals surface area contributed by atoms with Crippen molar-refractivity contribution in [3.8, 4) is 0 Å². The number of hydrogen-bond acceptors (Lipinski definition) is 1. The summed E-state index contributed by atoms with van der Waals surface area (Å²) < 4.78 is 5.94. The normalized spacial score (nSPS) is 12.2. The molecule has 0 fully saturated rings. The van der Waals surface area contributed by atoms with Crippen LogP contribution in [-0.2, 0) is 0 Å². The molecule has 0 spiro atoms. The Morgan fingerprint density at radius 1 is 0.581 bits per heavy atom. The molecule has 0 saturated heterocycles. The van der Waals surface area contributed by atoms with Gasteiger partial charge in [-0.15, -0.1) is 0 Å². The Balaban J connectivity index is 2.06. The van der Waals surface area contributed by atoms with E-state index in [1.165, 1.54) is 84.3 Å². The number of rotatable bonds is 10. The molecule has 4 aromatic rings. The molecule has 1 heterocycles. The van der Waals surface area contributed by atoms with Gasteiger partial charge in [0.05, 0.1) is 0 Å². The molecule has 1 aromatic heterocycles. The third-order valence-electron chi connectivity index (χ3n) is 7.13. The number of hydrogen-bond donors (Lipinski definition) is 0. The van der Waals surface area contributed by atoms with E-state index < -0.39 is 18.4 Å². The van der Waals surface area contributed by atoms with E-state index >= 15 is 0 Å². The Labute approximate surface area is 192 Å². The molecule has 0 saturated carbocycles. The minimum atomic E-state index is -2.68. The van der Waals surface area contributed by atoms with Gasteiger partial charge in [-0.3, -0.25) is 0 Å². The van der Waals surface area contributed by atoms with Gasteiger partial charge in [0.15, 0.2) is 0 Å². The molecule has 0 radical (unpaired) electrons. The van der Waals surface area contributed by atoms with Crippen LogP contribution in [0.25, 0.3) is 32.4 Å². The number of benzene rings is 3. The minimum absolute atomic E-state index is 1.23. The van der Waals surface area contributed by atoms with Gasteiger partial charge in [-0.05, 0) is 0 Å². The van der Waals surface area contributed by atoms with Crippen LogP contribution in [0.2, 0.25) is 13.3 Å². The molecule has 0 atom stereocenters. The van der Waals surface area contributed by atoms with Crippen molar-refractivity contribution in [1.29, 1.82) is 0 Å². The summed E-state index contributed by atoms with van der Waals surface area (Å²) in [7, 11) is 0. The topological polar surface area (TPSA) is 12.9 Å². The zero-order chi connectivity index (χ0) is 21.7. The number of nitrogens with zero attached hydrogens (tertiary/aromatic N) is 1. The van der Waals surface area contributed by atoms with Gasteiger partial charge in [-0.1, -0.05) is 0 Å². The van der Waals surface area contributed by atoms with E-state index in [1.54, 1.807) is 3.71 Å². The van der Waals surface area contributed by atoms with Gasteiger partial charge in [-0.25, -0.2) is 0 Å². The molecule has 0 aliphatic rings. The summed E-state index contributed by atoms with van der Waals surface area (Å²) in [6.07, 6.45) is 8.00. The first-order chi connectivity index (χ1) is 15.2. The molecule has 0 aliphatic heterocycles. The van der Waals surface area contributed by atoms with Crippen LogP contribution >= 0.6 is 0 Å². The van der Waals surface area contributed by atoms with Gasteiger partial charge in [0.2, 0.25) is 0 Å². The SMILES string of the molecule is CCC[CH2][Sn]([CH2]CCC)([CH2]CCC)[c]1nc2c3ccccc3ccc2c2ccccc12.